The zero-order chi connectivity index (χ0) is 16.1. The Labute approximate surface area is 135 Å². The van der Waals surface area contributed by atoms with E-state index in [4.69, 9.17) is 16.7 Å². The first-order chi connectivity index (χ1) is 10.5. The van der Waals surface area contributed by atoms with Crippen molar-refractivity contribution >= 4 is 40.6 Å². The second kappa shape index (κ2) is 7.15. The Hall–Kier alpha value is -2.25. The number of benzene rings is 2. The Balaban J connectivity index is 1.96. The summed E-state index contributed by atoms with van der Waals surface area (Å²) in [6, 6.07) is 10.5. The maximum Gasteiger partial charge on any atom is 0.289 e. The fraction of sp³-hybridized carbons (Fsp3) is 0.0714. The van der Waals surface area contributed by atoms with Gasteiger partial charge in [0.05, 0.1) is 10.7 Å². The molecule has 0 saturated carbocycles. The van der Waals surface area contributed by atoms with Gasteiger partial charge in [0, 0.05) is 16.6 Å². The summed E-state index contributed by atoms with van der Waals surface area (Å²) < 4.78 is 0. The van der Waals surface area contributed by atoms with E-state index >= 15 is 0 Å². The second-order valence-corrected chi connectivity index (χ2v) is 5.71. The van der Waals surface area contributed by atoms with Crippen LogP contribution in [-0.4, -0.2) is 21.7 Å². The van der Waals surface area contributed by atoms with Crippen LogP contribution in [0.1, 0.15) is 0 Å². The molecule has 114 valence electrons. The maximum atomic E-state index is 11.8. The number of hydrogen-bond donors (Lipinski definition) is 2. The number of anilines is 1. The quantitative estimate of drug-likeness (QED) is 0.493. The van der Waals surface area contributed by atoms with Crippen LogP contribution in [0.3, 0.4) is 0 Å². The topological polar surface area (TPSA) is 92.5 Å². The van der Waals surface area contributed by atoms with Crippen molar-refractivity contribution in [3.8, 4) is 5.75 Å². The first kappa shape index (κ1) is 16.1. The lowest BCUT2D eigenvalue weighted by Gasteiger charge is -2.06. The van der Waals surface area contributed by atoms with E-state index in [-0.39, 0.29) is 28.1 Å². The number of rotatable bonds is 5. The molecule has 22 heavy (non-hydrogen) atoms. The van der Waals surface area contributed by atoms with Crippen LogP contribution in [0.4, 0.5) is 11.4 Å². The number of amides is 1. The molecule has 0 radical (unpaired) electrons. The van der Waals surface area contributed by atoms with Crippen molar-refractivity contribution in [2.75, 3.05) is 11.1 Å². The number of hydrogen-bond acceptors (Lipinski definition) is 5. The number of thioether (sulfide) groups is 1. The van der Waals surface area contributed by atoms with Gasteiger partial charge >= 0.3 is 0 Å². The van der Waals surface area contributed by atoms with Gasteiger partial charge in [-0.3, -0.25) is 14.9 Å². The number of nitrogens with zero attached hydrogens (tertiary/aromatic N) is 1. The van der Waals surface area contributed by atoms with E-state index in [1.807, 2.05) is 0 Å². The lowest BCUT2D eigenvalue weighted by Crippen LogP contribution is -2.14. The number of phenolic OH excluding ortho intramolecular Hbond substituents is 1. The maximum absolute atomic E-state index is 11.8. The van der Waals surface area contributed by atoms with Crippen LogP contribution >= 0.6 is 23.4 Å². The molecular formula is C14H11ClN2O4S. The van der Waals surface area contributed by atoms with Gasteiger partial charge in [0.1, 0.15) is 10.8 Å². The Bertz CT molecular complexity index is 706. The zero-order valence-electron chi connectivity index (χ0n) is 11.2. The van der Waals surface area contributed by atoms with Crippen molar-refractivity contribution in [1.29, 1.82) is 0 Å². The van der Waals surface area contributed by atoms with Crippen molar-refractivity contribution in [2.45, 2.75) is 4.90 Å². The molecule has 6 nitrogen and oxygen atoms in total. The van der Waals surface area contributed by atoms with E-state index in [0.29, 0.717) is 5.69 Å². The number of aromatic hydroxyl groups is 1. The lowest BCUT2D eigenvalue weighted by molar-refractivity contribution is -0.384. The molecule has 0 unspecified atom stereocenters. The summed E-state index contributed by atoms with van der Waals surface area (Å²) in [6.07, 6.45) is 0. The van der Waals surface area contributed by atoms with Gasteiger partial charge in [-0.1, -0.05) is 11.6 Å². The monoisotopic (exact) mass is 338 g/mol. The highest BCUT2D eigenvalue weighted by molar-refractivity contribution is 8.00. The molecule has 0 spiro atoms. The fourth-order valence-corrected chi connectivity index (χ4v) is 2.50. The molecule has 0 aromatic heterocycles. The Kier molecular flexibility index (Phi) is 5.24. The molecule has 0 aliphatic rings. The Morgan fingerprint density at radius 3 is 2.59 bits per heavy atom. The largest absolute Gasteiger partial charge is 0.508 e. The van der Waals surface area contributed by atoms with Crippen molar-refractivity contribution in [2.24, 2.45) is 0 Å². The number of phenols is 1. The van der Waals surface area contributed by atoms with Crippen molar-refractivity contribution in [3.63, 3.8) is 0 Å². The van der Waals surface area contributed by atoms with Gasteiger partial charge in [-0.2, -0.15) is 0 Å². The van der Waals surface area contributed by atoms with Crippen LogP contribution in [-0.2, 0) is 4.79 Å². The van der Waals surface area contributed by atoms with Gasteiger partial charge in [-0.05, 0) is 36.4 Å². The van der Waals surface area contributed by atoms with Crippen LogP contribution in [0.15, 0.2) is 47.4 Å². The standard InChI is InChI=1S/C14H11ClN2O4S/c15-12-6-1-9(7-13(12)17(20)21)16-14(19)8-22-11-4-2-10(18)3-5-11/h1-7,18H,8H2,(H,16,19). The summed E-state index contributed by atoms with van der Waals surface area (Å²) in [5.41, 5.74) is 0.0538. The highest BCUT2D eigenvalue weighted by Crippen LogP contribution is 2.27. The predicted octanol–water partition coefficient (Wildman–Crippen LogP) is 3.68. The smallest absolute Gasteiger partial charge is 0.289 e. The molecule has 2 aromatic carbocycles. The Morgan fingerprint density at radius 1 is 1.27 bits per heavy atom. The minimum atomic E-state index is -0.608. The number of carbonyl (C=O) groups is 1. The van der Waals surface area contributed by atoms with E-state index in [2.05, 4.69) is 5.32 Å². The normalized spacial score (nSPS) is 10.2. The van der Waals surface area contributed by atoms with Gasteiger partial charge in [0.2, 0.25) is 5.91 Å². The van der Waals surface area contributed by atoms with Crippen LogP contribution in [0, 0.1) is 10.1 Å². The molecule has 0 bridgehead atoms. The lowest BCUT2D eigenvalue weighted by atomic mass is 10.3. The molecule has 2 N–H and O–H groups in total. The van der Waals surface area contributed by atoms with Crippen molar-refractivity contribution in [1.82, 2.24) is 0 Å². The number of halogens is 1. The minimum absolute atomic E-state index is 0.0152. The molecule has 0 saturated heterocycles. The summed E-state index contributed by atoms with van der Waals surface area (Å²) in [7, 11) is 0. The number of nitrogens with one attached hydrogen (secondary N) is 1. The molecule has 8 heteroatoms. The molecule has 0 heterocycles. The van der Waals surface area contributed by atoms with E-state index in [0.717, 1.165) is 4.90 Å². The summed E-state index contributed by atoms with van der Waals surface area (Å²) in [5, 5.41) is 22.5. The van der Waals surface area contributed by atoms with E-state index in [1.165, 1.54) is 42.1 Å². The third kappa shape index (κ3) is 4.37. The van der Waals surface area contributed by atoms with Gasteiger partial charge in [-0.25, -0.2) is 0 Å². The highest BCUT2D eigenvalue weighted by Gasteiger charge is 2.14. The third-order valence-corrected chi connectivity index (χ3v) is 3.96. The van der Waals surface area contributed by atoms with Gasteiger partial charge in [0.25, 0.3) is 5.69 Å². The molecule has 1 amide bonds. The average molecular weight is 339 g/mol. The van der Waals surface area contributed by atoms with E-state index in [1.54, 1.807) is 12.1 Å². The number of nitro groups is 1. The summed E-state index contributed by atoms with van der Waals surface area (Å²) in [5.74, 6) is -0.00162. The molecule has 0 aliphatic carbocycles. The van der Waals surface area contributed by atoms with Crippen LogP contribution in [0.2, 0.25) is 5.02 Å². The van der Waals surface area contributed by atoms with Crippen molar-refractivity contribution in [3.05, 3.63) is 57.6 Å². The van der Waals surface area contributed by atoms with E-state index in [9.17, 15) is 14.9 Å². The van der Waals surface area contributed by atoms with Crippen LogP contribution in [0.25, 0.3) is 0 Å². The second-order valence-electron chi connectivity index (χ2n) is 4.25. The van der Waals surface area contributed by atoms with Crippen LogP contribution in [0.5, 0.6) is 5.75 Å². The average Bonchev–Trinajstić information content (AvgIpc) is 2.48. The fourth-order valence-electron chi connectivity index (χ4n) is 1.62. The SMILES string of the molecule is O=C(CSc1ccc(O)cc1)Nc1ccc(Cl)c([N+](=O)[O-])c1. The first-order valence-corrected chi connectivity index (χ1v) is 7.47. The zero-order valence-corrected chi connectivity index (χ0v) is 12.7. The van der Waals surface area contributed by atoms with Crippen LogP contribution < -0.4 is 5.32 Å². The van der Waals surface area contributed by atoms with Gasteiger partial charge < -0.3 is 10.4 Å². The van der Waals surface area contributed by atoms with Gasteiger partial charge in [0.15, 0.2) is 0 Å². The molecule has 0 fully saturated rings. The number of nitro benzene ring substituents is 1. The molecule has 2 rings (SSSR count). The Morgan fingerprint density at radius 2 is 1.95 bits per heavy atom. The third-order valence-electron chi connectivity index (χ3n) is 2.63. The predicted molar refractivity (Wildman–Crippen MR) is 85.6 cm³/mol. The highest BCUT2D eigenvalue weighted by atomic mass is 35.5. The molecular weight excluding hydrogens is 328 g/mol. The summed E-state index contributed by atoms with van der Waals surface area (Å²) >= 11 is 6.99. The van der Waals surface area contributed by atoms with Crippen molar-refractivity contribution < 1.29 is 14.8 Å². The molecule has 0 atom stereocenters. The summed E-state index contributed by atoms with van der Waals surface area (Å²) in [4.78, 5) is 22.8. The van der Waals surface area contributed by atoms with Gasteiger partial charge in [-0.15, -0.1) is 11.8 Å². The molecule has 2 aromatic rings. The summed E-state index contributed by atoms with van der Waals surface area (Å²) in [6.45, 7) is 0. The minimum Gasteiger partial charge on any atom is -0.508 e. The molecule has 0 aliphatic heterocycles. The first-order valence-electron chi connectivity index (χ1n) is 6.11. The number of carbonyl (C=O) groups excluding carboxylic acids is 1. The van der Waals surface area contributed by atoms with E-state index < -0.39 is 4.92 Å².